The minimum absolute atomic E-state index is 0.0766. The largest absolute Gasteiger partial charge is 0.493 e. The molecular formula is C17H21NO5. The molecule has 1 aliphatic rings. The molecule has 23 heavy (non-hydrogen) atoms. The van der Waals surface area contributed by atoms with E-state index in [0.717, 1.165) is 5.56 Å². The molecule has 1 amide bonds. The van der Waals surface area contributed by atoms with Crippen molar-refractivity contribution in [1.29, 1.82) is 0 Å². The first-order chi connectivity index (χ1) is 10.9. The van der Waals surface area contributed by atoms with Crippen molar-refractivity contribution >= 4 is 18.0 Å². The SMILES string of the molecule is COc1cccc2c1OCC(C(=O)N[C@@H](CC(C)C)C(=O)O)=C2. The van der Waals surface area contributed by atoms with E-state index in [1.54, 1.807) is 25.3 Å². The van der Waals surface area contributed by atoms with Crippen LogP contribution in [-0.2, 0) is 9.59 Å². The summed E-state index contributed by atoms with van der Waals surface area (Å²) in [5.74, 6) is -0.110. The number of amides is 1. The molecular weight excluding hydrogens is 298 g/mol. The van der Waals surface area contributed by atoms with Gasteiger partial charge < -0.3 is 19.9 Å². The lowest BCUT2D eigenvalue weighted by Crippen LogP contribution is -2.43. The van der Waals surface area contributed by atoms with Crippen molar-refractivity contribution in [2.24, 2.45) is 5.92 Å². The molecule has 0 aromatic heterocycles. The van der Waals surface area contributed by atoms with Crippen molar-refractivity contribution in [3.63, 3.8) is 0 Å². The van der Waals surface area contributed by atoms with Gasteiger partial charge in [-0.2, -0.15) is 0 Å². The van der Waals surface area contributed by atoms with E-state index in [9.17, 15) is 14.7 Å². The van der Waals surface area contributed by atoms with Gasteiger partial charge in [0.1, 0.15) is 12.6 Å². The maximum atomic E-state index is 12.3. The van der Waals surface area contributed by atoms with Crippen LogP contribution in [0.1, 0.15) is 25.8 Å². The Morgan fingerprint density at radius 2 is 2.13 bits per heavy atom. The predicted molar refractivity (Wildman–Crippen MR) is 85.5 cm³/mol. The lowest BCUT2D eigenvalue weighted by atomic mass is 10.0. The molecule has 0 saturated carbocycles. The highest BCUT2D eigenvalue weighted by Crippen LogP contribution is 2.35. The first-order valence-corrected chi connectivity index (χ1v) is 7.46. The van der Waals surface area contributed by atoms with Crippen molar-refractivity contribution in [2.75, 3.05) is 13.7 Å². The third-order valence-electron chi connectivity index (χ3n) is 3.53. The van der Waals surface area contributed by atoms with Crippen LogP contribution in [0.4, 0.5) is 0 Å². The van der Waals surface area contributed by atoms with Gasteiger partial charge in [0.25, 0.3) is 5.91 Å². The Kier molecular flexibility index (Phi) is 5.26. The van der Waals surface area contributed by atoms with Crippen molar-refractivity contribution in [3.05, 3.63) is 29.3 Å². The summed E-state index contributed by atoms with van der Waals surface area (Å²) >= 11 is 0. The molecule has 2 N–H and O–H groups in total. The summed E-state index contributed by atoms with van der Waals surface area (Å²) in [4.78, 5) is 23.6. The van der Waals surface area contributed by atoms with Crippen LogP contribution in [0.5, 0.6) is 11.5 Å². The van der Waals surface area contributed by atoms with Gasteiger partial charge in [0.15, 0.2) is 11.5 Å². The maximum Gasteiger partial charge on any atom is 0.326 e. The minimum Gasteiger partial charge on any atom is -0.493 e. The first-order valence-electron chi connectivity index (χ1n) is 7.46. The van der Waals surface area contributed by atoms with Gasteiger partial charge in [-0.05, 0) is 24.5 Å². The second kappa shape index (κ2) is 7.17. The molecule has 6 nitrogen and oxygen atoms in total. The lowest BCUT2D eigenvalue weighted by Gasteiger charge is -2.21. The molecule has 6 heteroatoms. The second-order valence-corrected chi connectivity index (χ2v) is 5.83. The van der Waals surface area contributed by atoms with Crippen LogP contribution in [0.3, 0.4) is 0 Å². The Morgan fingerprint density at radius 1 is 1.39 bits per heavy atom. The van der Waals surface area contributed by atoms with Crippen molar-refractivity contribution in [1.82, 2.24) is 5.32 Å². The zero-order valence-electron chi connectivity index (χ0n) is 13.5. The Hall–Kier alpha value is -2.50. The number of carboxylic acids is 1. The number of para-hydroxylation sites is 1. The highest BCUT2D eigenvalue weighted by Gasteiger charge is 2.25. The van der Waals surface area contributed by atoms with Crippen molar-refractivity contribution < 1.29 is 24.2 Å². The number of hydrogen-bond acceptors (Lipinski definition) is 4. The fraction of sp³-hybridized carbons (Fsp3) is 0.412. The van der Waals surface area contributed by atoms with E-state index >= 15 is 0 Å². The Morgan fingerprint density at radius 3 is 2.74 bits per heavy atom. The van der Waals surface area contributed by atoms with Gasteiger partial charge in [-0.25, -0.2) is 4.79 Å². The third-order valence-corrected chi connectivity index (χ3v) is 3.53. The van der Waals surface area contributed by atoms with E-state index in [2.05, 4.69) is 5.32 Å². The smallest absolute Gasteiger partial charge is 0.326 e. The highest BCUT2D eigenvalue weighted by molar-refractivity contribution is 6.01. The number of ether oxygens (including phenoxy) is 2. The predicted octanol–water partition coefficient (Wildman–Crippen LogP) is 2.09. The molecule has 1 aromatic carbocycles. The molecule has 1 aromatic rings. The van der Waals surface area contributed by atoms with Crippen LogP contribution >= 0.6 is 0 Å². The molecule has 0 radical (unpaired) electrons. The van der Waals surface area contributed by atoms with E-state index in [1.165, 1.54) is 0 Å². The minimum atomic E-state index is -1.04. The number of hydrogen-bond donors (Lipinski definition) is 2. The summed E-state index contributed by atoms with van der Waals surface area (Å²) in [6.07, 6.45) is 2.07. The monoisotopic (exact) mass is 319 g/mol. The summed E-state index contributed by atoms with van der Waals surface area (Å²) in [5.41, 5.74) is 1.12. The van der Waals surface area contributed by atoms with Gasteiger partial charge in [-0.15, -0.1) is 0 Å². The van der Waals surface area contributed by atoms with Crippen molar-refractivity contribution in [3.8, 4) is 11.5 Å². The average Bonchev–Trinajstić information content (AvgIpc) is 2.52. The lowest BCUT2D eigenvalue weighted by molar-refractivity contribution is -0.141. The molecule has 0 aliphatic carbocycles. The second-order valence-electron chi connectivity index (χ2n) is 5.83. The van der Waals surface area contributed by atoms with Crippen LogP contribution < -0.4 is 14.8 Å². The summed E-state index contributed by atoms with van der Waals surface area (Å²) in [6, 6.07) is 4.49. The molecule has 0 fully saturated rings. The molecule has 0 unspecified atom stereocenters. The number of benzene rings is 1. The number of carboxylic acid groups (broad SMARTS) is 1. The van der Waals surface area contributed by atoms with Gasteiger partial charge in [0.2, 0.25) is 0 Å². The van der Waals surface area contributed by atoms with Gasteiger partial charge in [-0.1, -0.05) is 26.0 Å². The highest BCUT2D eigenvalue weighted by atomic mass is 16.5. The fourth-order valence-electron chi connectivity index (χ4n) is 2.42. The van der Waals surface area contributed by atoms with Gasteiger partial charge in [0, 0.05) is 5.56 Å². The molecule has 0 bridgehead atoms. The number of nitrogens with one attached hydrogen (secondary N) is 1. The summed E-state index contributed by atoms with van der Waals surface area (Å²) in [6.45, 7) is 3.90. The number of methoxy groups -OCH3 is 1. The summed E-state index contributed by atoms with van der Waals surface area (Å²) in [7, 11) is 1.55. The van der Waals surface area contributed by atoms with Crippen molar-refractivity contribution in [2.45, 2.75) is 26.3 Å². The Bertz CT molecular complexity index is 636. The van der Waals surface area contributed by atoms with E-state index in [-0.39, 0.29) is 12.5 Å². The molecule has 1 aliphatic heterocycles. The van der Waals surface area contributed by atoms with E-state index in [1.807, 2.05) is 19.9 Å². The van der Waals surface area contributed by atoms with E-state index in [4.69, 9.17) is 9.47 Å². The van der Waals surface area contributed by atoms with Gasteiger partial charge >= 0.3 is 5.97 Å². The van der Waals surface area contributed by atoms with Crippen LogP contribution in [0.15, 0.2) is 23.8 Å². The number of carbonyl (C=O) groups is 2. The zero-order valence-corrected chi connectivity index (χ0v) is 13.5. The average molecular weight is 319 g/mol. The van der Waals surface area contributed by atoms with Crippen LogP contribution in [0.2, 0.25) is 0 Å². The molecule has 2 rings (SSSR count). The van der Waals surface area contributed by atoms with Crippen LogP contribution in [0, 0.1) is 5.92 Å². The quantitative estimate of drug-likeness (QED) is 0.838. The summed E-state index contributed by atoms with van der Waals surface area (Å²) < 4.78 is 10.8. The normalized spacial score (nSPS) is 14.3. The third kappa shape index (κ3) is 4.03. The number of rotatable bonds is 6. The molecule has 0 saturated heterocycles. The first kappa shape index (κ1) is 16.9. The summed E-state index contributed by atoms with van der Waals surface area (Å²) in [5, 5.41) is 11.8. The molecule has 1 heterocycles. The van der Waals surface area contributed by atoms with E-state index in [0.29, 0.717) is 23.5 Å². The van der Waals surface area contributed by atoms with Gasteiger partial charge in [-0.3, -0.25) is 4.79 Å². The molecule has 124 valence electrons. The number of aliphatic carboxylic acids is 1. The Labute approximate surface area is 135 Å². The van der Waals surface area contributed by atoms with Crippen LogP contribution in [-0.4, -0.2) is 36.7 Å². The molecule has 1 atom stereocenters. The Balaban J connectivity index is 2.17. The standard InChI is InChI=1S/C17H21NO5/c1-10(2)7-13(17(20)21)18-16(19)12-8-11-5-4-6-14(22-3)15(11)23-9-12/h4-6,8,10,13H,7,9H2,1-3H3,(H,18,19)(H,20,21)/t13-/m0/s1. The van der Waals surface area contributed by atoms with E-state index < -0.39 is 17.9 Å². The van der Waals surface area contributed by atoms with Crippen LogP contribution in [0.25, 0.3) is 6.08 Å². The number of carbonyl (C=O) groups excluding carboxylic acids is 1. The number of fused-ring (bicyclic) bond motifs is 1. The fourth-order valence-corrected chi connectivity index (χ4v) is 2.42. The topological polar surface area (TPSA) is 84.9 Å². The van der Waals surface area contributed by atoms with Gasteiger partial charge in [0.05, 0.1) is 12.7 Å². The maximum absolute atomic E-state index is 12.3. The molecule has 0 spiro atoms. The zero-order chi connectivity index (χ0) is 17.0.